The van der Waals surface area contributed by atoms with Crippen LogP contribution >= 0.6 is 0 Å². The predicted octanol–water partition coefficient (Wildman–Crippen LogP) is 4.27. The molecule has 0 bridgehead atoms. The molecule has 0 spiro atoms. The fourth-order valence-corrected chi connectivity index (χ4v) is 4.59. The SMILES string of the molecule is COc1cc(CNC[C@@H](O)[C@H](CC2CCCCC2)N(C(=O)O)C(C)(C)C)cc(OC)c1. The van der Waals surface area contributed by atoms with E-state index in [1.165, 1.54) is 24.2 Å². The molecule has 1 aliphatic carbocycles. The molecule has 7 nitrogen and oxygen atoms in total. The van der Waals surface area contributed by atoms with Gasteiger partial charge in [0.1, 0.15) is 11.5 Å². The number of nitrogens with one attached hydrogen (secondary N) is 1. The summed E-state index contributed by atoms with van der Waals surface area (Å²) in [7, 11) is 3.22. The van der Waals surface area contributed by atoms with Gasteiger partial charge < -0.3 is 25.0 Å². The molecule has 1 aromatic rings. The molecule has 0 heterocycles. The van der Waals surface area contributed by atoms with E-state index in [0.29, 0.717) is 36.9 Å². The van der Waals surface area contributed by atoms with E-state index in [4.69, 9.17) is 9.47 Å². The molecule has 31 heavy (non-hydrogen) atoms. The Morgan fingerprint density at radius 1 is 1.13 bits per heavy atom. The second-order valence-electron chi connectivity index (χ2n) is 9.55. The Hall–Kier alpha value is -1.99. The molecule has 2 rings (SSSR count). The zero-order chi connectivity index (χ0) is 23.0. The molecule has 0 unspecified atom stereocenters. The lowest BCUT2D eigenvalue weighted by Crippen LogP contribution is -2.57. The zero-order valence-corrected chi connectivity index (χ0v) is 19.7. The van der Waals surface area contributed by atoms with Crippen LogP contribution in [0.15, 0.2) is 18.2 Å². The zero-order valence-electron chi connectivity index (χ0n) is 19.7. The summed E-state index contributed by atoms with van der Waals surface area (Å²) in [4.78, 5) is 13.6. The van der Waals surface area contributed by atoms with Crippen LogP contribution in [-0.4, -0.2) is 59.7 Å². The first-order valence-corrected chi connectivity index (χ1v) is 11.3. The highest BCUT2D eigenvalue weighted by atomic mass is 16.5. The maximum atomic E-state index is 12.1. The molecular weight excluding hydrogens is 396 g/mol. The Kier molecular flexibility index (Phi) is 9.44. The molecular formula is C24H40N2O5. The molecule has 176 valence electrons. The van der Waals surface area contributed by atoms with Crippen LogP contribution in [0.1, 0.15) is 64.9 Å². The van der Waals surface area contributed by atoms with Gasteiger partial charge in [-0.1, -0.05) is 32.1 Å². The lowest BCUT2D eigenvalue weighted by molar-refractivity contribution is -0.00453. The van der Waals surface area contributed by atoms with Gasteiger partial charge in [-0.25, -0.2) is 4.79 Å². The van der Waals surface area contributed by atoms with Crippen molar-refractivity contribution >= 4 is 6.09 Å². The number of hydrogen-bond donors (Lipinski definition) is 3. The number of aliphatic hydroxyl groups is 1. The topological polar surface area (TPSA) is 91.3 Å². The first-order chi connectivity index (χ1) is 14.7. The largest absolute Gasteiger partial charge is 0.497 e. The van der Waals surface area contributed by atoms with Crippen molar-refractivity contribution in [2.45, 2.75) is 83.5 Å². The highest BCUT2D eigenvalue weighted by molar-refractivity contribution is 5.66. The van der Waals surface area contributed by atoms with Gasteiger partial charge in [0, 0.05) is 24.7 Å². The van der Waals surface area contributed by atoms with E-state index in [-0.39, 0.29) is 0 Å². The normalized spacial score (nSPS) is 17.1. The van der Waals surface area contributed by atoms with Crippen LogP contribution in [0.2, 0.25) is 0 Å². The summed E-state index contributed by atoms with van der Waals surface area (Å²) in [5.74, 6) is 1.87. The fourth-order valence-electron chi connectivity index (χ4n) is 4.59. The lowest BCUT2D eigenvalue weighted by atomic mass is 9.82. The molecule has 7 heteroatoms. The molecule has 1 aliphatic rings. The van der Waals surface area contributed by atoms with Crippen LogP contribution < -0.4 is 14.8 Å². The van der Waals surface area contributed by atoms with Crippen molar-refractivity contribution in [3.63, 3.8) is 0 Å². The van der Waals surface area contributed by atoms with E-state index in [1.54, 1.807) is 14.2 Å². The average Bonchev–Trinajstić information content (AvgIpc) is 2.72. The number of aliphatic hydroxyl groups excluding tert-OH is 1. The number of amides is 1. The maximum absolute atomic E-state index is 12.1. The third-order valence-electron chi connectivity index (χ3n) is 6.10. The monoisotopic (exact) mass is 436 g/mol. The third-order valence-corrected chi connectivity index (χ3v) is 6.10. The van der Waals surface area contributed by atoms with Crippen LogP contribution in [0.3, 0.4) is 0 Å². The van der Waals surface area contributed by atoms with Crippen LogP contribution in [0.5, 0.6) is 11.5 Å². The van der Waals surface area contributed by atoms with Crippen molar-refractivity contribution < 1.29 is 24.5 Å². The van der Waals surface area contributed by atoms with Gasteiger partial charge >= 0.3 is 6.09 Å². The summed E-state index contributed by atoms with van der Waals surface area (Å²) in [6.45, 7) is 6.48. The smallest absolute Gasteiger partial charge is 0.408 e. The summed E-state index contributed by atoms with van der Waals surface area (Å²) < 4.78 is 10.6. The van der Waals surface area contributed by atoms with Gasteiger partial charge in [-0.05, 0) is 50.8 Å². The van der Waals surface area contributed by atoms with Gasteiger partial charge in [-0.2, -0.15) is 0 Å². The predicted molar refractivity (Wildman–Crippen MR) is 122 cm³/mol. The number of carbonyl (C=O) groups is 1. The average molecular weight is 437 g/mol. The highest BCUT2D eigenvalue weighted by Gasteiger charge is 2.38. The minimum Gasteiger partial charge on any atom is -0.497 e. The van der Waals surface area contributed by atoms with Gasteiger partial charge in [0.2, 0.25) is 0 Å². The Morgan fingerprint density at radius 2 is 1.71 bits per heavy atom. The van der Waals surface area contributed by atoms with Gasteiger partial charge in [-0.3, -0.25) is 4.90 Å². The van der Waals surface area contributed by atoms with Gasteiger partial charge in [-0.15, -0.1) is 0 Å². The summed E-state index contributed by atoms with van der Waals surface area (Å²) in [5, 5.41) is 24.3. The van der Waals surface area contributed by atoms with Crippen molar-refractivity contribution in [1.29, 1.82) is 0 Å². The van der Waals surface area contributed by atoms with E-state index in [0.717, 1.165) is 18.4 Å². The number of ether oxygens (including phenoxy) is 2. The number of nitrogens with zero attached hydrogens (tertiary/aromatic N) is 1. The van der Waals surface area contributed by atoms with E-state index < -0.39 is 23.8 Å². The summed E-state index contributed by atoms with van der Waals surface area (Å²) in [6, 6.07) is 5.19. The fraction of sp³-hybridized carbons (Fsp3) is 0.708. The van der Waals surface area contributed by atoms with Gasteiger partial charge in [0.15, 0.2) is 0 Å². The molecule has 0 radical (unpaired) electrons. The standard InChI is InChI=1S/C24H40N2O5/c1-24(2,3)26(23(28)29)21(13-17-9-7-6-8-10-17)22(27)16-25-15-18-11-19(30-4)14-20(12-18)31-5/h11-12,14,17,21-22,25,27H,6-10,13,15-16H2,1-5H3,(H,28,29)/t21-,22+/m0/s1. The van der Waals surface area contributed by atoms with Crippen LogP contribution in [-0.2, 0) is 6.54 Å². The van der Waals surface area contributed by atoms with Crippen LogP contribution in [0, 0.1) is 5.92 Å². The van der Waals surface area contributed by atoms with Crippen molar-refractivity contribution in [2.75, 3.05) is 20.8 Å². The molecule has 0 saturated heterocycles. The number of benzene rings is 1. The molecule has 1 aromatic carbocycles. The number of rotatable bonds is 10. The molecule has 1 saturated carbocycles. The molecule has 0 aromatic heterocycles. The first kappa shape index (κ1) is 25.3. The Morgan fingerprint density at radius 3 is 2.19 bits per heavy atom. The lowest BCUT2D eigenvalue weighted by Gasteiger charge is -2.43. The van der Waals surface area contributed by atoms with Crippen molar-refractivity contribution in [3.8, 4) is 11.5 Å². The minimum atomic E-state index is -0.982. The number of hydrogen-bond acceptors (Lipinski definition) is 5. The number of carboxylic acid groups (broad SMARTS) is 1. The Balaban J connectivity index is 2.09. The first-order valence-electron chi connectivity index (χ1n) is 11.3. The summed E-state index contributed by atoms with van der Waals surface area (Å²) >= 11 is 0. The van der Waals surface area contributed by atoms with E-state index in [2.05, 4.69) is 5.32 Å². The van der Waals surface area contributed by atoms with Crippen LogP contribution in [0.4, 0.5) is 4.79 Å². The highest BCUT2D eigenvalue weighted by Crippen LogP contribution is 2.32. The second-order valence-corrected chi connectivity index (χ2v) is 9.55. The van der Waals surface area contributed by atoms with Crippen molar-refractivity contribution in [2.24, 2.45) is 5.92 Å². The Bertz CT molecular complexity index is 675. The third kappa shape index (κ3) is 7.58. The summed E-state index contributed by atoms with van der Waals surface area (Å²) in [5.41, 5.74) is 0.380. The minimum absolute atomic E-state index is 0.302. The molecule has 2 atom stereocenters. The van der Waals surface area contributed by atoms with Crippen LogP contribution in [0.25, 0.3) is 0 Å². The molecule has 0 aliphatic heterocycles. The van der Waals surface area contributed by atoms with E-state index >= 15 is 0 Å². The number of methoxy groups -OCH3 is 2. The van der Waals surface area contributed by atoms with Gasteiger partial charge in [0.25, 0.3) is 0 Å². The summed E-state index contributed by atoms with van der Waals surface area (Å²) in [6.07, 6.45) is 4.75. The van der Waals surface area contributed by atoms with Gasteiger partial charge in [0.05, 0.1) is 26.4 Å². The van der Waals surface area contributed by atoms with Crippen molar-refractivity contribution in [1.82, 2.24) is 10.2 Å². The molecule has 1 fully saturated rings. The molecule has 3 N–H and O–H groups in total. The second kappa shape index (κ2) is 11.6. The van der Waals surface area contributed by atoms with E-state index in [1.807, 2.05) is 39.0 Å². The quantitative estimate of drug-likeness (QED) is 0.507. The molecule has 1 amide bonds. The maximum Gasteiger partial charge on any atom is 0.408 e. The Labute approximate surface area is 186 Å². The van der Waals surface area contributed by atoms with Crippen molar-refractivity contribution in [3.05, 3.63) is 23.8 Å². The van der Waals surface area contributed by atoms with E-state index in [9.17, 15) is 15.0 Å².